The van der Waals surface area contributed by atoms with Crippen LogP contribution in [0.1, 0.15) is 24.2 Å². The molecular formula is C7H8Cl2N3O3P. The van der Waals surface area contributed by atoms with Crippen molar-refractivity contribution in [3.05, 3.63) is 21.7 Å². The van der Waals surface area contributed by atoms with E-state index in [4.69, 9.17) is 33.0 Å². The van der Waals surface area contributed by atoms with E-state index in [1.807, 2.05) is 0 Å². The highest BCUT2D eigenvalue weighted by molar-refractivity contribution is 7.49. The molecule has 2 rings (SSSR count). The summed E-state index contributed by atoms with van der Waals surface area (Å²) in [5.74, 6) is 0. The Hall–Kier alpha value is -0.230. The molecule has 0 bridgehead atoms. The number of halogens is 2. The minimum atomic E-state index is -4.32. The van der Waals surface area contributed by atoms with E-state index in [1.165, 1.54) is 0 Å². The van der Waals surface area contributed by atoms with Crippen LogP contribution in [0.4, 0.5) is 0 Å². The summed E-state index contributed by atoms with van der Waals surface area (Å²) in [5, 5.41) is 0.113. The number of hydrogen-bond acceptors (Lipinski definition) is 3. The Morgan fingerprint density at radius 2 is 2.06 bits per heavy atom. The SMILES string of the molecule is CC1c2c(Cl)nc(Cl)nc2CN1P(=O)(O)O. The summed E-state index contributed by atoms with van der Waals surface area (Å²) in [7, 11) is -4.32. The molecule has 1 aliphatic heterocycles. The van der Waals surface area contributed by atoms with Crippen molar-refractivity contribution in [3.63, 3.8) is 0 Å². The van der Waals surface area contributed by atoms with Crippen LogP contribution in [-0.4, -0.2) is 24.4 Å². The van der Waals surface area contributed by atoms with Gasteiger partial charge in [0, 0.05) is 11.6 Å². The summed E-state index contributed by atoms with van der Waals surface area (Å²) < 4.78 is 12.2. The fourth-order valence-electron chi connectivity index (χ4n) is 1.75. The second kappa shape index (κ2) is 3.91. The minimum absolute atomic E-state index is 0.0166. The third kappa shape index (κ3) is 1.97. The Morgan fingerprint density at radius 1 is 1.44 bits per heavy atom. The van der Waals surface area contributed by atoms with E-state index in [2.05, 4.69) is 9.97 Å². The van der Waals surface area contributed by atoms with E-state index in [0.717, 1.165) is 4.67 Å². The van der Waals surface area contributed by atoms with Crippen molar-refractivity contribution in [1.82, 2.24) is 14.6 Å². The van der Waals surface area contributed by atoms with E-state index in [1.54, 1.807) is 6.92 Å². The molecule has 1 unspecified atom stereocenters. The van der Waals surface area contributed by atoms with Gasteiger partial charge in [0.25, 0.3) is 0 Å². The first-order valence-corrected chi connectivity index (χ1v) is 6.67. The van der Waals surface area contributed by atoms with E-state index >= 15 is 0 Å². The lowest BCUT2D eigenvalue weighted by Gasteiger charge is -2.21. The van der Waals surface area contributed by atoms with Crippen LogP contribution in [0.2, 0.25) is 10.4 Å². The predicted molar refractivity (Wildman–Crippen MR) is 58.1 cm³/mol. The molecule has 1 aromatic heterocycles. The molecule has 0 amide bonds. The highest BCUT2D eigenvalue weighted by Gasteiger charge is 2.40. The normalized spacial score (nSPS) is 21.2. The Kier molecular flexibility index (Phi) is 2.99. The molecule has 2 N–H and O–H groups in total. The molecule has 0 saturated carbocycles. The van der Waals surface area contributed by atoms with Crippen LogP contribution in [0.15, 0.2) is 0 Å². The van der Waals surface area contributed by atoms with Gasteiger partial charge in [0.1, 0.15) is 5.15 Å². The maximum atomic E-state index is 11.2. The molecule has 0 saturated heterocycles. The molecule has 1 atom stereocenters. The van der Waals surface area contributed by atoms with Crippen LogP contribution in [-0.2, 0) is 11.1 Å². The average Bonchev–Trinajstić information content (AvgIpc) is 2.41. The summed E-state index contributed by atoms with van der Waals surface area (Å²) in [6, 6.07) is -0.527. The van der Waals surface area contributed by atoms with Gasteiger partial charge in [-0.1, -0.05) is 11.6 Å². The summed E-state index contributed by atoms with van der Waals surface area (Å²) in [4.78, 5) is 25.9. The third-order valence-corrected chi connectivity index (χ3v) is 4.08. The van der Waals surface area contributed by atoms with Gasteiger partial charge in [0.2, 0.25) is 5.28 Å². The van der Waals surface area contributed by atoms with Crippen molar-refractivity contribution in [2.24, 2.45) is 0 Å². The van der Waals surface area contributed by atoms with Crippen LogP contribution in [0.5, 0.6) is 0 Å². The zero-order valence-corrected chi connectivity index (χ0v) is 10.5. The highest BCUT2D eigenvalue weighted by atomic mass is 35.5. The molecule has 0 radical (unpaired) electrons. The highest BCUT2D eigenvalue weighted by Crippen LogP contribution is 2.52. The molecule has 88 valence electrons. The molecule has 1 aliphatic rings. The minimum Gasteiger partial charge on any atom is -0.312 e. The molecule has 2 heterocycles. The van der Waals surface area contributed by atoms with Crippen molar-refractivity contribution < 1.29 is 14.4 Å². The lowest BCUT2D eigenvalue weighted by Crippen LogP contribution is -2.16. The van der Waals surface area contributed by atoms with Gasteiger partial charge in [-0.05, 0) is 18.5 Å². The maximum absolute atomic E-state index is 11.2. The Bertz CT molecular complexity index is 492. The standard InChI is InChI=1S/C7H8Cl2N3O3P/c1-3-5-4(2-12(3)16(13,14)15)10-7(9)11-6(5)8/h3H,2H2,1H3,(H2,13,14,15). The number of fused-ring (bicyclic) bond motifs is 1. The second-order valence-electron chi connectivity index (χ2n) is 3.43. The predicted octanol–water partition coefficient (Wildman–Crippen LogP) is 1.75. The summed E-state index contributed by atoms with van der Waals surface area (Å²) in [6.45, 7) is 1.65. The van der Waals surface area contributed by atoms with Crippen molar-refractivity contribution in [3.8, 4) is 0 Å². The van der Waals surface area contributed by atoms with Crippen LogP contribution in [0, 0.1) is 0 Å². The fraction of sp³-hybridized carbons (Fsp3) is 0.429. The largest absolute Gasteiger partial charge is 0.403 e. The molecular weight excluding hydrogens is 276 g/mol. The number of hydrogen-bond donors (Lipinski definition) is 2. The Balaban J connectivity index is 2.50. The quantitative estimate of drug-likeness (QED) is 0.464. The smallest absolute Gasteiger partial charge is 0.312 e. The average molecular weight is 284 g/mol. The molecule has 0 spiro atoms. The van der Waals surface area contributed by atoms with Gasteiger partial charge in [-0.3, -0.25) is 0 Å². The first-order chi connectivity index (χ1) is 7.30. The molecule has 16 heavy (non-hydrogen) atoms. The first kappa shape index (κ1) is 12.2. The number of rotatable bonds is 1. The molecule has 1 aromatic rings. The topological polar surface area (TPSA) is 86.6 Å². The Morgan fingerprint density at radius 3 is 2.62 bits per heavy atom. The van der Waals surface area contributed by atoms with Gasteiger partial charge in [0.05, 0.1) is 12.2 Å². The van der Waals surface area contributed by atoms with Gasteiger partial charge in [-0.15, -0.1) is 0 Å². The van der Waals surface area contributed by atoms with Crippen molar-refractivity contribution in [2.45, 2.75) is 19.5 Å². The first-order valence-electron chi connectivity index (χ1n) is 4.35. The molecule has 0 aliphatic carbocycles. The third-order valence-electron chi connectivity index (χ3n) is 2.46. The fourth-order valence-corrected chi connectivity index (χ4v) is 3.21. The lowest BCUT2D eigenvalue weighted by molar-refractivity contribution is 0.246. The van der Waals surface area contributed by atoms with Gasteiger partial charge < -0.3 is 9.79 Å². The Labute approximate surface area is 101 Å². The summed E-state index contributed by atoms with van der Waals surface area (Å²) in [6.07, 6.45) is 0. The van der Waals surface area contributed by atoms with E-state index in [-0.39, 0.29) is 17.0 Å². The summed E-state index contributed by atoms with van der Waals surface area (Å²) in [5.41, 5.74) is 0.982. The van der Waals surface area contributed by atoms with E-state index in [0.29, 0.717) is 11.3 Å². The second-order valence-corrected chi connectivity index (χ2v) is 5.67. The molecule has 0 aromatic carbocycles. The molecule has 0 fully saturated rings. The zero-order chi connectivity index (χ0) is 12.1. The van der Waals surface area contributed by atoms with Crippen LogP contribution >= 0.6 is 30.9 Å². The van der Waals surface area contributed by atoms with Crippen molar-refractivity contribution in [2.75, 3.05) is 0 Å². The van der Waals surface area contributed by atoms with Gasteiger partial charge >= 0.3 is 7.75 Å². The summed E-state index contributed by atoms with van der Waals surface area (Å²) >= 11 is 11.5. The lowest BCUT2D eigenvalue weighted by atomic mass is 10.2. The number of aromatic nitrogens is 2. The maximum Gasteiger partial charge on any atom is 0.403 e. The number of nitrogens with zero attached hydrogens (tertiary/aromatic N) is 3. The van der Waals surface area contributed by atoms with Gasteiger partial charge in [0.15, 0.2) is 0 Å². The molecule has 9 heteroatoms. The van der Waals surface area contributed by atoms with Crippen LogP contribution < -0.4 is 0 Å². The van der Waals surface area contributed by atoms with Gasteiger partial charge in [-0.25, -0.2) is 14.5 Å². The molecule has 6 nitrogen and oxygen atoms in total. The zero-order valence-electron chi connectivity index (χ0n) is 8.13. The van der Waals surface area contributed by atoms with Crippen molar-refractivity contribution >= 4 is 30.9 Å². The van der Waals surface area contributed by atoms with Crippen LogP contribution in [0.3, 0.4) is 0 Å². The van der Waals surface area contributed by atoms with Crippen molar-refractivity contribution in [1.29, 1.82) is 0 Å². The van der Waals surface area contributed by atoms with E-state index in [9.17, 15) is 4.57 Å². The van der Waals surface area contributed by atoms with E-state index < -0.39 is 13.8 Å². The van der Waals surface area contributed by atoms with Gasteiger partial charge in [-0.2, -0.15) is 4.67 Å². The van der Waals surface area contributed by atoms with Crippen LogP contribution in [0.25, 0.3) is 0 Å². The monoisotopic (exact) mass is 283 g/mol.